The summed E-state index contributed by atoms with van der Waals surface area (Å²) >= 11 is 0. The number of anilines is 1. The highest BCUT2D eigenvalue weighted by atomic mass is 16.5. The maximum Gasteiger partial charge on any atom is 0.244 e. The third kappa shape index (κ3) is 7.46. The minimum absolute atomic E-state index is 0.0780. The highest BCUT2D eigenvalue weighted by molar-refractivity contribution is 5.85. The van der Waals surface area contributed by atoms with E-state index in [1.54, 1.807) is 0 Å². The van der Waals surface area contributed by atoms with Crippen molar-refractivity contribution in [3.8, 4) is 0 Å². The van der Waals surface area contributed by atoms with Gasteiger partial charge >= 0.3 is 0 Å². The molecule has 7 heteroatoms. The molecule has 1 aliphatic rings. The van der Waals surface area contributed by atoms with Crippen molar-refractivity contribution in [1.29, 1.82) is 0 Å². The van der Waals surface area contributed by atoms with Crippen molar-refractivity contribution < 1.29 is 9.53 Å². The van der Waals surface area contributed by atoms with E-state index in [1.807, 2.05) is 36.9 Å². The molecular weight excluding hydrogens is 342 g/mol. The van der Waals surface area contributed by atoms with Crippen LogP contribution in [0.3, 0.4) is 0 Å². The topological polar surface area (TPSA) is 69.2 Å². The van der Waals surface area contributed by atoms with Crippen molar-refractivity contribution in [3.05, 3.63) is 30.3 Å². The summed E-state index contributed by atoms with van der Waals surface area (Å²) in [6, 6.07) is 10.3. The molecule has 1 saturated heterocycles. The third-order valence-corrected chi connectivity index (χ3v) is 4.43. The van der Waals surface area contributed by atoms with Crippen LogP contribution in [0.15, 0.2) is 35.3 Å². The second-order valence-electron chi connectivity index (χ2n) is 6.38. The van der Waals surface area contributed by atoms with Gasteiger partial charge in [-0.1, -0.05) is 18.2 Å². The van der Waals surface area contributed by atoms with E-state index in [0.717, 1.165) is 58.9 Å². The second kappa shape index (κ2) is 12.2. The van der Waals surface area contributed by atoms with Crippen LogP contribution in [0.25, 0.3) is 0 Å². The van der Waals surface area contributed by atoms with Gasteiger partial charge in [-0.25, -0.2) is 4.99 Å². The number of amides is 1. The first-order valence-corrected chi connectivity index (χ1v) is 9.92. The van der Waals surface area contributed by atoms with Crippen molar-refractivity contribution in [2.24, 2.45) is 4.99 Å². The van der Waals surface area contributed by atoms with Crippen molar-refractivity contribution in [2.45, 2.75) is 20.3 Å². The first-order valence-electron chi connectivity index (χ1n) is 9.92. The Morgan fingerprint density at radius 1 is 1.11 bits per heavy atom. The Balaban J connectivity index is 1.75. The number of ether oxygens (including phenoxy) is 1. The molecule has 0 bridgehead atoms. The average molecular weight is 376 g/mol. The Labute approximate surface area is 162 Å². The predicted molar refractivity (Wildman–Crippen MR) is 110 cm³/mol. The number of aliphatic imine (C=N–C) groups is 1. The molecule has 7 nitrogen and oxygen atoms in total. The smallest absolute Gasteiger partial charge is 0.244 e. The average Bonchev–Trinajstić information content (AvgIpc) is 2.72. The number of hydrogen-bond acceptors (Lipinski definition) is 4. The molecule has 1 heterocycles. The summed E-state index contributed by atoms with van der Waals surface area (Å²) in [5.74, 6) is 0.763. The van der Waals surface area contributed by atoms with Crippen LogP contribution in [0, 0.1) is 0 Å². The number of rotatable bonds is 9. The number of para-hydroxylation sites is 1. The first kappa shape index (κ1) is 21.0. The van der Waals surface area contributed by atoms with Crippen molar-refractivity contribution >= 4 is 17.6 Å². The van der Waals surface area contributed by atoms with E-state index in [-0.39, 0.29) is 12.5 Å². The SMILES string of the molecule is CCNC(=NCC(=O)N1CCN(c2ccccc2)CC1)NCCCOCC. The van der Waals surface area contributed by atoms with Gasteiger partial charge in [-0.05, 0) is 32.4 Å². The summed E-state index contributed by atoms with van der Waals surface area (Å²) in [5.41, 5.74) is 1.22. The van der Waals surface area contributed by atoms with Gasteiger partial charge in [0.1, 0.15) is 6.54 Å². The van der Waals surface area contributed by atoms with Gasteiger partial charge in [0.25, 0.3) is 0 Å². The normalized spacial score (nSPS) is 15.0. The monoisotopic (exact) mass is 375 g/mol. The summed E-state index contributed by atoms with van der Waals surface area (Å²) in [5, 5.41) is 6.43. The quantitative estimate of drug-likeness (QED) is 0.387. The fourth-order valence-corrected chi connectivity index (χ4v) is 2.97. The Morgan fingerprint density at radius 2 is 1.85 bits per heavy atom. The van der Waals surface area contributed by atoms with Crippen LogP contribution in [0.2, 0.25) is 0 Å². The number of benzene rings is 1. The molecule has 1 aromatic carbocycles. The van der Waals surface area contributed by atoms with Gasteiger partial charge in [-0.3, -0.25) is 4.79 Å². The molecule has 1 amide bonds. The Kier molecular flexibility index (Phi) is 9.48. The zero-order valence-corrected chi connectivity index (χ0v) is 16.6. The van der Waals surface area contributed by atoms with Gasteiger partial charge in [0.05, 0.1) is 0 Å². The van der Waals surface area contributed by atoms with Crippen LogP contribution in [-0.4, -0.2) is 75.8 Å². The standard InChI is InChI=1S/C20H33N5O2/c1-3-21-20(22-11-8-16-27-4-2)23-17-19(26)25-14-12-24(13-15-25)18-9-6-5-7-10-18/h5-7,9-10H,3-4,8,11-17H2,1-2H3,(H2,21,22,23). The molecule has 1 aliphatic heterocycles. The van der Waals surface area contributed by atoms with Crippen LogP contribution in [0.4, 0.5) is 5.69 Å². The van der Waals surface area contributed by atoms with E-state index in [4.69, 9.17) is 4.74 Å². The fraction of sp³-hybridized carbons (Fsp3) is 0.600. The third-order valence-electron chi connectivity index (χ3n) is 4.43. The van der Waals surface area contributed by atoms with E-state index < -0.39 is 0 Å². The number of piperazine rings is 1. The van der Waals surface area contributed by atoms with Gasteiger partial charge in [0, 0.05) is 58.2 Å². The minimum atomic E-state index is 0.0780. The molecule has 0 aliphatic carbocycles. The number of hydrogen-bond donors (Lipinski definition) is 2. The fourth-order valence-electron chi connectivity index (χ4n) is 2.97. The Hall–Kier alpha value is -2.28. The predicted octanol–water partition coefficient (Wildman–Crippen LogP) is 1.32. The van der Waals surface area contributed by atoms with E-state index in [2.05, 4.69) is 32.7 Å². The second-order valence-corrected chi connectivity index (χ2v) is 6.38. The molecule has 150 valence electrons. The first-order chi connectivity index (χ1) is 13.2. The molecule has 0 radical (unpaired) electrons. The summed E-state index contributed by atoms with van der Waals surface area (Å²) in [6.07, 6.45) is 0.910. The van der Waals surface area contributed by atoms with Crippen LogP contribution in [0.5, 0.6) is 0 Å². The lowest BCUT2D eigenvalue weighted by atomic mass is 10.2. The van der Waals surface area contributed by atoms with Crippen LogP contribution in [-0.2, 0) is 9.53 Å². The molecule has 0 aromatic heterocycles. The maximum absolute atomic E-state index is 12.5. The highest BCUT2D eigenvalue weighted by Crippen LogP contribution is 2.15. The number of carbonyl (C=O) groups excluding carboxylic acids is 1. The van der Waals surface area contributed by atoms with Crippen LogP contribution < -0.4 is 15.5 Å². The highest BCUT2D eigenvalue weighted by Gasteiger charge is 2.20. The number of guanidine groups is 1. The number of nitrogens with one attached hydrogen (secondary N) is 2. The molecule has 0 atom stereocenters. The van der Waals surface area contributed by atoms with Crippen molar-refractivity contribution in [3.63, 3.8) is 0 Å². The van der Waals surface area contributed by atoms with Gasteiger partial charge < -0.3 is 25.2 Å². The largest absolute Gasteiger partial charge is 0.382 e. The van der Waals surface area contributed by atoms with E-state index in [1.165, 1.54) is 5.69 Å². The van der Waals surface area contributed by atoms with Crippen LogP contribution >= 0.6 is 0 Å². The van der Waals surface area contributed by atoms with E-state index >= 15 is 0 Å². The zero-order chi connectivity index (χ0) is 19.3. The number of nitrogens with zero attached hydrogens (tertiary/aromatic N) is 3. The lowest BCUT2D eigenvalue weighted by Crippen LogP contribution is -2.49. The number of carbonyl (C=O) groups is 1. The molecule has 0 saturated carbocycles. The van der Waals surface area contributed by atoms with E-state index in [0.29, 0.717) is 5.96 Å². The molecular formula is C20H33N5O2. The van der Waals surface area contributed by atoms with Crippen LogP contribution in [0.1, 0.15) is 20.3 Å². The van der Waals surface area contributed by atoms with E-state index in [9.17, 15) is 4.79 Å². The van der Waals surface area contributed by atoms with Gasteiger partial charge in [0.2, 0.25) is 5.91 Å². The maximum atomic E-state index is 12.5. The zero-order valence-electron chi connectivity index (χ0n) is 16.6. The molecule has 1 fully saturated rings. The van der Waals surface area contributed by atoms with Gasteiger partial charge in [-0.2, -0.15) is 0 Å². The summed E-state index contributed by atoms with van der Waals surface area (Å²) in [4.78, 5) is 21.1. The Bertz CT molecular complexity index is 571. The van der Waals surface area contributed by atoms with Crippen molar-refractivity contribution in [2.75, 3.05) is 63.9 Å². The van der Waals surface area contributed by atoms with Gasteiger partial charge in [-0.15, -0.1) is 0 Å². The Morgan fingerprint density at radius 3 is 2.52 bits per heavy atom. The summed E-state index contributed by atoms with van der Waals surface area (Å²) in [6.45, 7) is 10.4. The molecule has 2 N–H and O–H groups in total. The molecule has 1 aromatic rings. The molecule has 27 heavy (non-hydrogen) atoms. The summed E-state index contributed by atoms with van der Waals surface area (Å²) in [7, 11) is 0. The minimum Gasteiger partial charge on any atom is -0.382 e. The lowest BCUT2D eigenvalue weighted by molar-refractivity contribution is -0.129. The molecule has 0 unspecified atom stereocenters. The molecule has 0 spiro atoms. The van der Waals surface area contributed by atoms with Gasteiger partial charge in [0.15, 0.2) is 5.96 Å². The van der Waals surface area contributed by atoms with Crippen molar-refractivity contribution in [1.82, 2.24) is 15.5 Å². The summed E-state index contributed by atoms with van der Waals surface area (Å²) < 4.78 is 5.33. The molecule has 2 rings (SSSR count). The lowest BCUT2D eigenvalue weighted by Gasteiger charge is -2.36.